The fourth-order valence-corrected chi connectivity index (χ4v) is 5.44. The molecule has 3 aliphatic heterocycles. The molecule has 3 heterocycles. The van der Waals surface area contributed by atoms with Crippen LogP contribution in [-0.4, -0.2) is 223 Å². The minimum Gasteiger partial charge on any atom is -0.502 e. The number of ether oxygens (including phenoxy) is 13. The zero-order valence-electron chi connectivity index (χ0n) is 50.6. The van der Waals surface area contributed by atoms with Gasteiger partial charge in [0.25, 0.3) is 0 Å². The average molecular weight is 1170 g/mol. The lowest BCUT2D eigenvalue weighted by Crippen LogP contribution is -2.34. The van der Waals surface area contributed by atoms with Crippen LogP contribution >= 0.6 is 0 Å². The molecule has 474 valence electrons. The predicted octanol–water partition coefficient (Wildman–Crippen LogP) is 2.72. The molecule has 0 saturated carbocycles. The van der Waals surface area contributed by atoms with Crippen LogP contribution in [0.15, 0.2) is 34.6 Å². The van der Waals surface area contributed by atoms with Crippen molar-refractivity contribution in [3.8, 4) is 0 Å². The zero-order valence-corrected chi connectivity index (χ0v) is 50.6. The Morgan fingerprint density at radius 1 is 0.444 bits per heavy atom. The van der Waals surface area contributed by atoms with E-state index in [4.69, 9.17) is 93.5 Å². The first-order chi connectivity index (χ1) is 37.8. The van der Waals surface area contributed by atoms with Gasteiger partial charge < -0.3 is 109 Å². The average Bonchev–Trinajstić information content (AvgIpc) is 3.85. The number of nitrogens with one attached hydrogen (secondary N) is 3. The van der Waals surface area contributed by atoms with Gasteiger partial charge in [-0.3, -0.25) is 14.4 Å². The van der Waals surface area contributed by atoms with E-state index in [-0.39, 0.29) is 68.5 Å². The van der Waals surface area contributed by atoms with Gasteiger partial charge in [0.2, 0.25) is 34.6 Å². The second-order valence-corrected chi connectivity index (χ2v) is 19.8. The SMILES string of the molecule is CC(C)(C)OC(=O)NCCOCCO.CC(C)(C)OC(=O)NCCOCCO.CC1=C(O)C(=O)C(C)O1.CC1=C(OCCOCCN)C(=O)C(C)O1.CC1=C(OCCOCCNC(=O)OC(C)(C)C)C(=O)C(C)O1.NCCOCCO. The second-order valence-electron chi connectivity index (χ2n) is 19.8. The van der Waals surface area contributed by atoms with Crippen LogP contribution in [0, 0.1) is 0 Å². The van der Waals surface area contributed by atoms with Gasteiger partial charge in [-0.2, -0.15) is 0 Å². The Morgan fingerprint density at radius 3 is 0.938 bits per heavy atom. The highest BCUT2D eigenvalue weighted by Crippen LogP contribution is 2.23. The number of amides is 3. The van der Waals surface area contributed by atoms with Gasteiger partial charge in [0.15, 0.2) is 18.3 Å². The lowest BCUT2D eigenvalue weighted by molar-refractivity contribution is -0.123. The summed E-state index contributed by atoms with van der Waals surface area (Å²) in [5, 5.41) is 41.4. The molecule has 0 fully saturated rings. The number of nitrogens with two attached hydrogens (primary N) is 2. The van der Waals surface area contributed by atoms with E-state index in [9.17, 15) is 28.8 Å². The van der Waals surface area contributed by atoms with Crippen molar-refractivity contribution in [3.05, 3.63) is 34.6 Å². The van der Waals surface area contributed by atoms with Crippen molar-refractivity contribution in [2.75, 3.05) is 132 Å². The van der Waals surface area contributed by atoms with Gasteiger partial charge in [-0.1, -0.05) is 0 Å². The number of alkyl carbamates (subject to hydrolysis) is 3. The highest BCUT2D eigenvalue weighted by molar-refractivity contribution is 5.99. The molecule has 28 heteroatoms. The van der Waals surface area contributed by atoms with E-state index in [0.717, 1.165) is 0 Å². The number of aliphatic hydroxyl groups is 4. The molecule has 3 atom stereocenters. The van der Waals surface area contributed by atoms with Crippen molar-refractivity contribution in [3.63, 3.8) is 0 Å². The van der Waals surface area contributed by atoms with Crippen LogP contribution < -0.4 is 27.4 Å². The van der Waals surface area contributed by atoms with Crippen LogP contribution in [0.5, 0.6) is 0 Å². The first kappa shape index (κ1) is 79.7. The molecule has 11 N–H and O–H groups in total. The van der Waals surface area contributed by atoms with Crippen LogP contribution in [0.3, 0.4) is 0 Å². The van der Waals surface area contributed by atoms with Gasteiger partial charge in [0.1, 0.15) is 47.3 Å². The second kappa shape index (κ2) is 46.0. The molecule has 0 saturated heterocycles. The number of hydrogen-bond acceptors (Lipinski definition) is 25. The van der Waals surface area contributed by atoms with Crippen molar-refractivity contribution in [1.82, 2.24) is 16.0 Å². The van der Waals surface area contributed by atoms with Crippen LogP contribution in [0.4, 0.5) is 14.4 Å². The maximum atomic E-state index is 11.7. The molecule has 28 nitrogen and oxygen atoms in total. The van der Waals surface area contributed by atoms with Gasteiger partial charge in [0, 0.05) is 32.7 Å². The lowest BCUT2D eigenvalue weighted by Gasteiger charge is -2.19. The molecule has 0 bridgehead atoms. The van der Waals surface area contributed by atoms with E-state index in [0.29, 0.717) is 115 Å². The Balaban J connectivity index is -0.000000932. The lowest BCUT2D eigenvalue weighted by atomic mass is 10.2. The topological polar surface area (TPSA) is 391 Å². The maximum absolute atomic E-state index is 11.7. The van der Waals surface area contributed by atoms with Crippen molar-refractivity contribution < 1.29 is 111 Å². The number of carbonyl (C=O) groups excluding carboxylic acids is 6. The maximum Gasteiger partial charge on any atom is 0.407 e. The Kier molecular flexibility index (Phi) is 45.2. The van der Waals surface area contributed by atoms with Crippen molar-refractivity contribution in [1.29, 1.82) is 0 Å². The van der Waals surface area contributed by atoms with Gasteiger partial charge in [-0.25, -0.2) is 14.4 Å². The molecule has 0 aromatic carbocycles. The minimum absolute atomic E-state index is 0.00750. The van der Waals surface area contributed by atoms with Crippen LogP contribution in [0.25, 0.3) is 0 Å². The number of Topliss-reactive ketones (excluding diaryl/α,β-unsaturated/α-hetero) is 3. The van der Waals surface area contributed by atoms with Gasteiger partial charge >= 0.3 is 18.3 Å². The smallest absolute Gasteiger partial charge is 0.407 e. The number of allylic oxidation sites excluding steroid dienone is 3. The summed E-state index contributed by atoms with van der Waals surface area (Å²) in [6.07, 6.45) is -2.78. The van der Waals surface area contributed by atoms with Crippen LogP contribution in [0.2, 0.25) is 0 Å². The van der Waals surface area contributed by atoms with Gasteiger partial charge in [-0.15, -0.1) is 0 Å². The molecular formula is C53H99N5O23. The first-order valence-electron chi connectivity index (χ1n) is 26.5. The zero-order chi connectivity index (χ0) is 62.6. The summed E-state index contributed by atoms with van der Waals surface area (Å²) in [6, 6.07) is 0. The summed E-state index contributed by atoms with van der Waals surface area (Å²) in [4.78, 5) is 67.3. The number of ketones is 3. The van der Waals surface area contributed by atoms with E-state index in [1.807, 2.05) is 0 Å². The van der Waals surface area contributed by atoms with E-state index in [2.05, 4.69) is 16.0 Å². The van der Waals surface area contributed by atoms with E-state index in [1.54, 1.807) is 104 Å². The van der Waals surface area contributed by atoms with Gasteiger partial charge in [-0.05, 0) is 104 Å². The Bertz CT molecular complexity index is 1840. The summed E-state index contributed by atoms with van der Waals surface area (Å²) >= 11 is 0. The summed E-state index contributed by atoms with van der Waals surface area (Å²) in [5.74, 6) is 1.15. The molecule has 0 aliphatic carbocycles. The van der Waals surface area contributed by atoms with Crippen molar-refractivity contribution in [2.45, 2.75) is 139 Å². The number of carbonyl (C=O) groups is 6. The van der Waals surface area contributed by atoms with Crippen molar-refractivity contribution >= 4 is 35.6 Å². The highest BCUT2D eigenvalue weighted by atomic mass is 16.6. The fourth-order valence-electron chi connectivity index (χ4n) is 5.44. The summed E-state index contributed by atoms with van der Waals surface area (Å²) in [6.45, 7) is 32.8. The summed E-state index contributed by atoms with van der Waals surface area (Å²) in [5.41, 5.74) is 8.84. The third-order valence-corrected chi connectivity index (χ3v) is 8.75. The summed E-state index contributed by atoms with van der Waals surface area (Å²) < 4.78 is 66.1. The monoisotopic (exact) mass is 1170 g/mol. The Morgan fingerprint density at radius 2 is 0.716 bits per heavy atom. The standard InChI is InChI=1S/C15H25NO6.C10H17NO4.2C9H19NO4.C6H8O3.C4H11NO2/c1-10-12(17)13(11(2)21-10)20-9-8-19-7-6-16-14(18)22-15(3,4)5;1-7-9(12)10(8(2)15-7)14-6-5-13-4-3-11;2*1-9(2,3)14-8(12)10-4-6-13-7-5-11;1-3-5(7)6(8)4(2)9-3;5-1-3-7-4-2-6/h10H,6-9H2,1-5H3,(H,16,18);7H,3-6,11H2,1-2H3;2*11H,4-7H2,1-3H3,(H,10,12);3,8H,1-2H3;6H,1-5H2. The van der Waals surface area contributed by atoms with Crippen molar-refractivity contribution in [2.24, 2.45) is 11.5 Å². The molecular weight excluding hydrogens is 1070 g/mol. The highest BCUT2D eigenvalue weighted by Gasteiger charge is 2.32. The van der Waals surface area contributed by atoms with E-state index < -0.39 is 53.4 Å². The first-order valence-corrected chi connectivity index (χ1v) is 26.5. The molecule has 3 amide bonds. The Hall–Kier alpha value is -5.56. The third-order valence-electron chi connectivity index (χ3n) is 8.75. The molecule has 3 unspecified atom stereocenters. The normalized spacial score (nSPS) is 16.4. The molecule has 0 spiro atoms. The fraction of sp³-hybridized carbons (Fsp3) is 0.774. The number of hydrogen-bond donors (Lipinski definition) is 9. The largest absolute Gasteiger partial charge is 0.502 e. The molecule has 0 aromatic heterocycles. The number of rotatable bonds is 27. The molecule has 0 radical (unpaired) electrons. The number of aliphatic hydroxyl groups excluding tert-OH is 4. The van der Waals surface area contributed by atoms with Crippen LogP contribution in [0.1, 0.15) is 104 Å². The van der Waals surface area contributed by atoms with Crippen LogP contribution in [-0.2, 0) is 76.0 Å². The predicted molar refractivity (Wildman–Crippen MR) is 295 cm³/mol. The molecule has 0 aromatic rings. The quantitative estimate of drug-likeness (QED) is 0.0422. The minimum atomic E-state index is -0.516. The Labute approximate surface area is 478 Å². The molecule has 3 rings (SSSR count). The van der Waals surface area contributed by atoms with E-state index in [1.165, 1.54) is 0 Å². The molecule has 81 heavy (non-hydrogen) atoms. The van der Waals surface area contributed by atoms with E-state index >= 15 is 0 Å². The third kappa shape index (κ3) is 45.7. The molecule has 3 aliphatic rings. The van der Waals surface area contributed by atoms with Gasteiger partial charge in [0.05, 0.1) is 85.9 Å². The summed E-state index contributed by atoms with van der Waals surface area (Å²) in [7, 11) is 0.